The number of carboxylic acid groups (broad SMARTS) is 1. The summed E-state index contributed by atoms with van der Waals surface area (Å²) in [6.45, 7) is 4.31. The molecule has 1 atom stereocenters. The van der Waals surface area contributed by atoms with Gasteiger partial charge in [-0.2, -0.15) is 20.2 Å². The number of rotatable bonds is 8. The molecular formula is C14H19NO6S2. The maximum atomic E-state index is 12.2. The van der Waals surface area contributed by atoms with Crippen LogP contribution in [0.25, 0.3) is 0 Å². The van der Waals surface area contributed by atoms with Crippen LogP contribution < -0.4 is 9.50 Å². The van der Waals surface area contributed by atoms with E-state index in [0.29, 0.717) is 6.54 Å². The van der Waals surface area contributed by atoms with Gasteiger partial charge in [0, 0.05) is 11.8 Å². The van der Waals surface area contributed by atoms with Crippen molar-refractivity contribution in [2.75, 3.05) is 18.6 Å². The maximum absolute atomic E-state index is 12.2. The van der Waals surface area contributed by atoms with Gasteiger partial charge in [0.1, 0.15) is 5.56 Å². The lowest BCUT2D eigenvalue weighted by molar-refractivity contribution is 0.0689. The molecule has 0 spiro atoms. The molecule has 1 aromatic rings. The average Bonchev–Trinajstić information content (AvgIpc) is 2.42. The van der Waals surface area contributed by atoms with Crippen LogP contribution in [-0.4, -0.2) is 49.2 Å². The van der Waals surface area contributed by atoms with Crippen LogP contribution in [0.1, 0.15) is 34.6 Å². The number of nitrogens with one attached hydrogen (secondary N) is 1. The first kappa shape index (κ1) is 19.3. The van der Waals surface area contributed by atoms with E-state index in [1.54, 1.807) is 11.8 Å². The molecule has 23 heavy (non-hydrogen) atoms. The fourth-order valence-electron chi connectivity index (χ4n) is 1.85. The molecule has 0 aromatic heterocycles. The van der Waals surface area contributed by atoms with E-state index >= 15 is 0 Å². The van der Waals surface area contributed by atoms with Gasteiger partial charge in [0.15, 0.2) is 5.75 Å². The van der Waals surface area contributed by atoms with Crippen LogP contribution in [0.2, 0.25) is 0 Å². The van der Waals surface area contributed by atoms with Gasteiger partial charge < -0.3 is 14.6 Å². The molecule has 0 saturated heterocycles. The van der Waals surface area contributed by atoms with Crippen LogP contribution >= 0.6 is 11.8 Å². The summed E-state index contributed by atoms with van der Waals surface area (Å²) in [5, 5.41) is 12.1. The molecular weight excluding hydrogens is 342 g/mol. The molecule has 1 amide bonds. The normalized spacial score (nSPS) is 12.5. The van der Waals surface area contributed by atoms with Crippen molar-refractivity contribution in [3.05, 3.63) is 29.3 Å². The Hall–Kier alpha value is -1.74. The fraction of sp³-hybridized carbons (Fsp3) is 0.429. The van der Waals surface area contributed by atoms with Gasteiger partial charge in [-0.15, -0.1) is 0 Å². The molecule has 0 saturated carbocycles. The first-order valence-corrected chi connectivity index (χ1v) is 9.67. The SMILES string of the molecule is CCSC(C)CNC(=O)c1cccc(OS(C)(=O)=O)c1C(=O)O. The predicted octanol–water partition coefficient (Wildman–Crippen LogP) is 1.59. The molecule has 0 fully saturated rings. The number of hydrogen-bond acceptors (Lipinski definition) is 6. The summed E-state index contributed by atoms with van der Waals surface area (Å²) < 4.78 is 27.1. The van der Waals surface area contributed by atoms with Gasteiger partial charge in [-0.3, -0.25) is 4.79 Å². The first-order chi connectivity index (χ1) is 10.7. The molecule has 1 rings (SSSR count). The minimum Gasteiger partial charge on any atom is -0.478 e. The van der Waals surface area contributed by atoms with E-state index in [4.69, 9.17) is 0 Å². The summed E-state index contributed by atoms with van der Waals surface area (Å²) in [7, 11) is -3.91. The molecule has 0 radical (unpaired) electrons. The number of carbonyl (C=O) groups is 2. The molecule has 0 bridgehead atoms. The molecule has 0 aliphatic rings. The number of carboxylic acids is 1. The van der Waals surface area contributed by atoms with Gasteiger partial charge in [0.05, 0.1) is 11.8 Å². The predicted molar refractivity (Wildman–Crippen MR) is 88.8 cm³/mol. The summed E-state index contributed by atoms with van der Waals surface area (Å²) in [6, 6.07) is 3.87. The number of benzene rings is 1. The van der Waals surface area contributed by atoms with Crippen molar-refractivity contribution in [3.63, 3.8) is 0 Å². The van der Waals surface area contributed by atoms with Crippen LogP contribution in [0.5, 0.6) is 5.75 Å². The molecule has 2 N–H and O–H groups in total. The molecule has 0 aliphatic carbocycles. The third-order valence-electron chi connectivity index (χ3n) is 2.73. The second kappa shape index (κ2) is 8.21. The number of thioether (sulfide) groups is 1. The quantitative estimate of drug-likeness (QED) is 0.677. The van der Waals surface area contributed by atoms with Gasteiger partial charge in [-0.1, -0.05) is 19.9 Å². The van der Waals surface area contributed by atoms with Gasteiger partial charge in [-0.05, 0) is 17.9 Å². The molecule has 7 nitrogen and oxygen atoms in total. The number of amides is 1. The zero-order chi connectivity index (χ0) is 17.6. The van der Waals surface area contributed by atoms with Gasteiger partial charge in [-0.25, -0.2) is 4.79 Å². The third kappa shape index (κ3) is 6.11. The van der Waals surface area contributed by atoms with E-state index in [2.05, 4.69) is 9.50 Å². The lowest BCUT2D eigenvalue weighted by Gasteiger charge is -2.14. The highest BCUT2D eigenvalue weighted by atomic mass is 32.2. The van der Waals surface area contributed by atoms with Gasteiger partial charge >= 0.3 is 16.1 Å². The zero-order valence-corrected chi connectivity index (χ0v) is 14.7. The third-order valence-corrected chi connectivity index (χ3v) is 4.28. The summed E-state index contributed by atoms with van der Waals surface area (Å²) >= 11 is 1.65. The Kier molecular flexibility index (Phi) is 6.89. The molecule has 0 aliphatic heterocycles. The number of aromatic carboxylic acids is 1. The summed E-state index contributed by atoms with van der Waals surface area (Å²) in [5.41, 5.74) is -0.626. The lowest BCUT2D eigenvalue weighted by atomic mass is 10.1. The zero-order valence-electron chi connectivity index (χ0n) is 13.0. The minimum absolute atomic E-state index is 0.146. The monoisotopic (exact) mass is 361 g/mol. The van der Waals surface area contributed by atoms with E-state index in [-0.39, 0.29) is 16.6 Å². The van der Waals surface area contributed by atoms with E-state index in [1.165, 1.54) is 18.2 Å². The molecule has 0 heterocycles. The standard InChI is InChI=1S/C14H19NO6S2/c1-4-22-9(2)8-15-13(16)10-6-5-7-11(12(10)14(17)18)21-23(3,19)20/h5-7,9H,4,8H2,1-3H3,(H,15,16)(H,17,18). The Morgan fingerprint density at radius 1 is 1.39 bits per heavy atom. The first-order valence-electron chi connectivity index (χ1n) is 6.81. The van der Waals surface area contributed by atoms with Gasteiger partial charge in [0.2, 0.25) is 0 Å². The van der Waals surface area contributed by atoms with Crippen LogP contribution in [0.3, 0.4) is 0 Å². The highest BCUT2D eigenvalue weighted by Crippen LogP contribution is 2.24. The van der Waals surface area contributed by atoms with E-state index < -0.39 is 27.6 Å². The van der Waals surface area contributed by atoms with Crippen molar-refractivity contribution in [1.82, 2.24) is 5.32 Å². The molecule has 1 unspecified atom stereocenters. The largest absolute Gasteiger partial charge is 0.478 e. The minimum atomic E-state index is -3.91. The van der Waals surface area contributed by atoms with E-state index in [0.717, 1.165) is 12.0 Å². The van der Waals surface area contributed by atoms with Gasteiger partial charge in [0.25, 0.3) is 5.91 Å². The van der Waals surface area contributed by atoms with Crippen molar-refractivity contribution in [1.29, 1.82) is 0 Å². The Morgan fingerprint density at radius 2 is 2.04 bits per heavy atom. The van der Waals surface area contributed by atoms with Crippen LogP contribution in [-0.2, 0) is 10.1 Å². The summed E-state index contributed by atoms with van der Waals surface area (Å²) in [5.74, 6) is -1.52. The van der Waals surface area contributed by atoms with Crippen molar-refractivity contribution < 1.29 is 27.3 Å². The van der Waals surface area contributed by atoms with E-state index in [9.17, 15) is 23.1 Å². The topological polar surface area (TPSA) is 110 Å². The summed E-state index contributed by atoms with van der Waals surface area (Å²) in [4.78, 5) is 23.6. The molecule has 9 heteroatoms. The lowest BCUT2D eigenvalue weighted by Crippen LogP contribution is -2.31. The smallest absolute Gasteiger partial charge is 0.340 e. The Labute approximate surface area is 139 Å². The Balaban J connectivity index is 3.08. The highest BCUT2D eigenvalue weighted by Gasteiger charge is 2.23. The van der Waals surface area contributed by atoms with Crippen molar-refractivity contribution >= 4 is 33.8 Å². The Morgan fingerprint density at radius 3 is 2.57 bits per heavy atom. The second-order valence-electron chi connectivity index (χ2n) is 4.75. The summed E-state index contributed by atoms with van der Waals surface area (Å²) in [6.07, 6.45) is 0.801. The highest BCUT2D eigenvalue weighted by molar-refractivity contribution is 7.99. The second-order valence-corrected chi connectivity index (χ2v) is 8.04. The average molecular weight is 361 g/mol. The maximum Gasteiger partial charge on any atom is 0.340 e. The molecule has 128 valence electrons. The Bertz CT molecular complexity index is 687. The fourth-order valence-corrected chi connectivity index (χ4v) is 3.08. The van der Waals surface area contributed by atoms with Crippen LogP contribution in [0, 0.1) is 0 Å². The number of hydrogen-bond donors (Lipinski definition) is 2. The van der Waals surface area contributed by atoms with E-state index in [1.807, 2.05) is 13.8 Å². The van der Waals surface area contributed by atoms with Crippen molar-refractivity contribution in [3.8, 4) is 5.75 Å². The van der Waals surface area contributed by atoms with Crippen molar-refractivity contribution in [2.45, 2.75) is 19.1 Å². The van der Waals surface area contributed by atoms with Crippen LogP contribution in [0.15, 0.2) is 18.2 Å². The number of carbonyl (C=O) groups excluding carboxylic acids is 1. The van der Waals surface area contributed by atoms with Crippen molar-refractivity contribution in [2.24, 2.45) is 0 Å². The van der Waals surface area contributed by atoms with Crippen LogP contribution in [0.4, 0.5) is 0 Å². The molecule has 1 aromatic carbocycles.